The molecular weight excluding hydrogens is 392 g/mol. The van der Waals surface area contributed by atoms with Crippen LogP contribution in [0.25, 0.3) is 17.3 Å². The fraction of sp³-hybridized carbons (Fsp3) is 0.261. The fourth-order valence-electron chi connectivity index (χ4n) is 2.97. The van der Waals surface area contributed by atoms with Crippen LogP contribution in [0.3, 0.4) is 0 Å². The lowest BCUT2D eigenvalue weighted by molar-refractivity contribution is 0.0946. The second kappa shape index (κ2) is 8.14. The summed E-state index contributed by atoms with van der Waals surface area (Å²) in [6.07, 6.45) is 4.87. The average molecular weight is 416 g/mol. The quantitative estimate of drug-likeness (QED) is 0.530. The van der Waals surface area contributed by atoms with Crippen LogP contribution in [-0.4, -0.2) is 30.6 Å². The number of rotatable bonds is 5. The predicted octanol–water partition coefficient (Wildman–Crippen LogP) is 3.85. The predicted molar refractivity (Wildman–Crippen MR) is 116 cm³/mol. The number of aromatic nitrogens is 5. The van der Waals surface area contributed by atoms with Crippen molar-refractivity contribution in [2.24, 2.45) is 0 Å². The van der Waals surface area contributed by atoms with Crippen LogP contribution in [0.5, 0.6) is 0 Å². The highest BCUT2D eigenvalue weighted by Crippen LogP contribution is 2.23. The van der Waals surface area contributed by atoms with Gasteiger partial charge in [0.1, 0.15) is 17.8 Å². The Hall–Kier alpha value is -3.81. The van der Waals surface area contributed by atoms with Gasteiger partial charge in [-0.05, 0) is 24.6 Å². The molecule has 0 saturated carbocycles. The molecule has 4 rings (SSSR count). The molecule has 8 nitrogen and oxygen atoms in total. The van der Waals surface area contributed by atoms with Crippen molar-refractivity contribution in [3.05, 3.63) is 77.8 Å². The smallest absolute Gasteiger partial charge is 0.271 e. The van der Waals surface area contributed by atoms with E-state index in [9.17, 15) is 4.79 Å². The molecule has 0 aliphatic carbocycles. The van der Waals surface area contributed by atoms with E-state index in [0.29, 0.717) is 29.8 Å². The van der Waals surface area contributed by atoms with Gasteiger partial charge in [-0.2, -0.15) is 4.98 Å². The minimum Gasteiger partial charge on any atom is -0.347 e. The molecule has 3 aromatic heterocycles. The third kappa shape index (κ3) is 4.69. The molecular formula is C23H24N6O2. The van der Waals surface area contributed by atoms with Gasteiger partial charge < -0.3 is 9.84 Å². The SMILES string of the molecule is Cc1cccc(CNC(=O)c2cn(-c3ccc(-c4nc(C(C)(C)C)no4)cn3)cn2)c1. The first-order chi connectivity index (χ1) is 14.8. The monoisotopic (exact) mass is 416 g/mol. The van der Waals surface area contributed by atoms with E-state index in [1.807, 2.05) is 64.1 Å². The van der Waals surface area contributed by atoms with Gasteiger partial charge in [0.15, 0.2) is 5.82 Å². The van der Waals surface area contributed by atoms with Crippen LogP contribution >= 0.6 is 0 Å². The molecule has 0 atom stereocenters. The van der Waals surface area contributed by atoms with Gasteiger partial charge in [-0.1, -0.05) is 55.8 Å². The standard InChI is InChI=1S/C23H24N6O2/c1-15-6-5-7-16(10-15)11-25-20(30)18-13-29(14-26-18)19-9-8-17(12-24-19)21-27-22(28-31-21)23(2,3)4/h5-10,12-14H,11H2,1-4H3,(H,25,30). The lowest BCUT2D eigenvalue weighted by Gasteiger charge is -2.10. The van der Waals surface area contributed by atoms with Gasteiger partial charge in [0, 0.05) is 24.4 Å². The minimum absolute atomic E-state index is 0.192. The first-order valence-electron chi connectivity index (χ1n) is 9.98. The molecule has 0 aliphatic heterocycles. The van der Waals surface area contributed by atoms with E-state index in [4.69, 9.17) is 4.52 Å². The molecule has 8 heteroatoms. The van der Waals surface area contributed by atoms with E-state index in [2.05, 4.69) is 25.4 Å². The Bertz CT molecular complexity index is 1200. The van der Waals surface area contributed by atoms with E-state index in [1.165, 1.54) is 0 Å². The van der Waals surface area contributed by atoms with E-state index < -0.39 is 0 Å². The lowest BCUT2D eigenvalue weighted by atomic mass is 9.96. The summed E-state index contributed by atoms with van der Waals surface area (Å²) in [5.41, 5.74) is 3.05. The van der Waals surface area contributed by atoms with Crippen LogP contribution in [0.1, 0.15) is 48.2 Å². The molecule has 0 radical (unpaired) electrons. The van der Waals surface area contributed by atoms with Gasteiger partial charge in [-0.3, -0.25) is 9.36 Å². The molecule has 4 aromatic rings. The highest BCUT2D eigenvalue weighted by atomic mass is 16.5. The second-order valence-corrected chi connectivity index (χ2v) is 8.42. The summed E-state index contributed by atoms with van der Waals surface area (Å²) in [4.78, 5) is 25.5. The van der Waals surface area contributed by atoms with Crippen molar-refractivity contribution < 1.29 is 9.32 Å². The number of nitrogens with one attached hydrogen (secondary N) is 1. The molecule has 0 bridgehead atoms. The zero-order chi connectivity index (χ0) is 22.0. The van der Waals surface area contributed by atoms with Gasteiger partial charge in [0.2, 0.25) is 0 Å². The van der Waals surface area contributed by atoms with E-state index in [0.717, 1.165) is 16.7 Å². The molecule has 31 heavy (non-hydrogen) atoms. The highest BCUT2D eigenvalue weighted by molar-refractivity contribution is 5.92. The van der Waals surface area contributed by atoms with Gasteiger partial charge >= 0.3 is 0 Å². The molecule has 3 heterocycles. The van der Waals surface area contributed by atoms with E-state index in [1.54, 1.807) is 23.3 Å². The first-order valence-corrected chi connectivity index (χ1v) is 9.98. The van der Waals surface area contributed by atoms with Crippen LogP contribution < -0.4 is 5.32 Å². The van der Waals surface area contributed by atoms with Gasteiger partial charge in [-0.25, -0.2) is 9.97 Å². The van der Waals surface area contributed by atoms with Crippen LogP contribution in [-0.2, 0) is 12.0 Å². The van der Waals surface area contributed by atoms with E-state index in [-0.39, 0.29) is 11.3 Å². The van der Waals surface area contributed by atoms with Crippen LogP contribution in [0.15, 0.2) is 59.6 Å². The molecule has 0 spiro atoms. The number of nitrogens with zero attached hydrogens (tertiary/aromatic N) is 5. The number of benzene rings is 1. The van der Waals surface area contributed by atoms with Crippen LogP contribution in [0, 0.1) is 6.92 Å². The maximum Gasteiger partial charge on any atom is 0.271 e. The topological polar surface area (TPSA) is 98.7 Å². The van der Waals surface area contributed by atoms with Crippen molar-refractivity contribution in [2.75, 3.05) is 0 Å². The number of aryl methyl sites for hydroxylation is 1. The van der Waals surface area contributed by atoms with Crippen molar-refractivity contribution >= 4 is 5.91 Å². The molecule has 1 N–H and O–H groups in total. The summed E-state index contributed by atoms with van der Waals surface area (Å²) in [5, 5.41) is 6.93. The molecule has 0 fully saturated rings. The van der Waals surface area contributed by atoms with E-state index >= 15 is 0 Å². The van der Waals surface area contributed by atoms with Crippen LogP contribution in [0.2, 0.25) is 0 Å². The Kier molecular flexibility index (Phi) is 5.37. The largest absolute Gasteiger partial charge is 0.347 e. The summed E-state index contributed by atoms with van der Waals surface area (Å²) in [6.45, 7) is 8.54. The molecule has 158 valence electrons. The Morgan fingerprint density at radius 3 is 2.68 bits per heavy atom. The number of imidazole rings is 1. The maximum absolute atomic E-state index is 12.4. The third-order valence-corrected chi connectivity index (χ3v) is 4.71. The Balaban J connectivity index is 1.44. The Morgan fingerprint density at radius 1 is 1.16 bits per heavy atom. The number of carbonyl (C=O) groups is 1. The Morgan fingerprint density at radius 2 is 2.00 bits per heavy atom. The summed E-state index contributed by atoms with van der Waals surface area (Å²) in [5.74, 6) is 1.45. The normalized spacial score (nSPS) is 11.5. The lowest BCUT2D eigenvalue weighted by Crippen LogP contribution is -2.23. The van der Waals surface area contributed by atoms with Crippen molar-refractivity contribution in [1.82, 2.24) is 30.0 Å². The average Bonchev–Trinajstić information content (AvgIpc) is 3.42. The van der Waals surface area contributed by atoms with Crippen LogP contribution in [0.4, 0.5) is 0 Å². The summed E-state index contributed by atoms with van der Waals surface area (Å²) < 4.78 is 7.05. The highest BCUT2D eigenvalue weighted by Gasteiger charge is 2.21. The molecule has 1 aromatic carbocycles. The maximum atomic E-state index is 12.4. The molecule has 1 amide bonds. The first kappa shape index (κ1) is 20.5. The third-order valence-electron chi connectivity index (χ3n) is 4.71. The second-order valence-electron chi connectivity index (χ2n) is 8.42. The van der Waals surface area contributed by atoms with Crippen molar-refractivity contribution in [3.8, 4) is 17.3 Å². The number of pyridine rings is 1. The molecule has 0 saturated heterocycles. The number of hydrogen-bond acceptors (Lipinski definition) is 6. The molecule has 0 aliphatic rings. The van der Waals surface area contributed by atoms with Gasteiger partial charge in [0.05, 0.1) is 5.56 Å². The summed E-state index contributed by atoms with van der Waals surface area (Å²) in [7, 11) is 0. The zero-order valence-electron chi connectivity index (χ0n) is 18.0. The van der Waals surface area contributed by atoms with Gasteiger partial charge in [-0.15, -0.1) is 0 Å². The van der Waals surface area contributed by atoms with Crippen molar-refractivity contribution in [2.45, 2.75) is 39.7 Å². The Labute approximate surface area is 180 Å². The summed E-state index contributed by atoms with van der Waals surface area (Å²) >= 11 is 0. The molecule has 0 unspecified atom stereocenters. The number of hydrogen-bond donors (Lipinski definition) is 1. The van der Waals surface area contributed by atoms with Crippen molar-refractivity contribution in [1.29, 1.82) is 0 Å². The number of amides is 1. The number of carbonyl (C=O) groups excluding carboxylic acids is 1. The summed E-state index contributed by atoms with van der Waals surface area (Å²) in [6, 6.07) is 11.7. The zero-order valence-corrected chi connectivity index (χ0v) is 18.0. The fourth-order valence-corrected chi connectivity index (χ4v) is 2.97. The van der Waals surface area contributed by atoms with Gasteiger partial charge in [0.25, 0.3) is 11.8 Å². The van der Waals surface area contributed by atoms with Crippen molar-refractivity contribution in [3.63, 3.8) is 0 Å². The minimum atomic E-state index is -0.238.